The van der Waals surface area contributed by atoms with Gasteiger partial charge in [-0.1, -0.05) is 6.07 Å². The largest absolute Gasteiger partial charge is 0.441 e. The molecule has 0 saturated carbocycles. The van der Waals surface area contributed by atoms with Gasteiger partial charge in [-0.3, -0.25) is 0 Å². The van der Waals surface area contributed by atoms with Crippen LogP contribution in [0.5, 0.6) is 0 Å². The fraction of sp³-hybridized carbons (Fsp3) is 0.214. The van der Waals surface area contributed by atoms with Gasteiger partial charge in [0, 0.05) is 26.6 Å². The van der Waals surface area contributed by atoms with Crippen molar-refractivity contribution in [2.75, 3.05) is 17.7 Å². The predicted molar refractivity (Wildman–Crippen MR) is 77.7 cm³/mol. The fourth-order valence-electron chi connectivity index (χ4n) is 1.98. The molecule has 2 N–H and O–H groups in total. The highest BCUT2D eigenvalue weighted by molar-refractivity contribution is 5.73. The third-order valence-corrected chi connectivity index (χ3v) is 2.96. The molecule has 0 unspecified atom stereocenters. The lowest BCUT2D eigenvalue weighted by molar-refractivity contribution is 0.561. The predicted octanol–water partition coefficient (Wildman–Crippen LogP) is 2.58. The summed E-state index contributed by atoms with van der Waals surface area (Å²) < 4.78 is 5.52. The first-order valence-corrected chi connectivity index (χ1v) is 6.34. The summed E-state index contributed by atoms with van der Waals surface area (Å²) in [4.78, 5) is 12.5. The number of aryl methyl sites for hydroxylation is 1. The molecule has 0 fully saturated rings. The van der Waals surface area contributed by atoms with Crippen LogP contribution in [-0.4, -0.2) is 22.0 Å². The first-order chi connectivity index (χ1) is 9.74. The van der Waals surface area contributed by atoms with Gasteiger partial charge >= 0.3 is 0 Å². The number of fused-ring (bicyclic) bond motifs is 1. The Morgan fingerprint density at radius 3 is 2.85 bits per heavy atom. The molecule has 1 aromatic carbocycles. The van der Waals surface area contributed by atoms with Crippen molar-refractivity contribution in [2.24, 2.45) is 0 Å². The monoisotopic (exact) mass is 269 g/mol. The minimum Gasteiger partial charge on any atom is -0.441 e. The van der Waals surface area contributed by atoms with Crippen LogP contribution < -0.4 is 10.6 Å². The van der Waals surface area contributed by atoms with E-state index in [1.807, 2.05) is 38.2 Å². The number of aromatic nitrogens is 3. The summed E-state index contributed by atoms with van der Waals surface area (Å²) in [5, 5.41) is 6.23. The molecule has 3 aromatic rings. The van der Waals surface area contributed by atoms with Crippen LogP contribution >= 0.6 is 0 Å². The number of nitrogens with one attached hydrogen (secondary N) is 2. The molecule has 0 spiro atoms. The second-order valence-corrected chi connectivity index (χ2v) is 4.43. The highest BCUT2D eigenvalue weighted by Crippen LogP contribution is 2.17. The van der Waals surface area contributed by atoms with Crippen LogP contribution in [-0.2, 0) is 6.54 Å². The lowest BCUT2D eigenvalue weighted by Gasteiger charge is -2.06. The smallest absolute Gasteiger partial charge is 0.192 e. The minimum absolute atomic E-state index is 0.663. The lowest BCUT2D eigenvalue weighted by Crippen LogP contribution is -2.02. The van der Waals surface area contributed by atoms with E-state index in [1.54, 1.807) is 0 Å². The van der Waals surface area contributed by atoms with E-state index >= 15 is 0 Å². The number of benzene rings is 1. The van der Waals surface area contributed by atoms with E-state index < -0.39 is 0 Å². The molecule has 0 amide bonds. The molecule has 102 valence electrons. The molecule has 3 rings (SSSR count). The molecule has 0 bridgehead atoms. The number of anilines is 2. The van der Waals surface area contributed by atoms with E-state index in [-0.39, 0.29) is 0 Å². The molecule has 6 heteroatoms. The summed E-state index contributed by atoms with van der Waals surface area (Å²) in [7, 11) is 1.83. The van der Waals surface area contributed by atoms with Crippen molar-refractivity contribution in [1.29, 1.82) is 0 Å². The van der Waals surface area contributed by atoms with Crippen molar-refractivity contribution in [3.63, 3.8) is 0 Å². The van der Waals surface area contributed by atoms with Crippen LogP contribution in [0.25, 0.3) is 11.1 Å². The van der Waals surface area contributed by atoms with Crippen LogP contribution in [0.1, 0.15) is 11.5 Å². The van der Waals surface area contributed by atoms with Crippen molar-refractivity contribution in [3.05, 3.63) is 42.0 Å². The van der Waals surface area contributed by atoms with Gasteiger partial charge in [0.05, 0.1) is 0 Å². The van der Waals surface area contributed by atoms with Gasteiger partial charge < -0.3 is 15.1 Å². The third-order valence-electron chi connectivity index (χ3n) is 2.96. The standard InChI is InChI=1S/C14H15N5O/c1-9-19-11-4-3-10(5-12(11)20-9)7-16-14-6-13(15-2)17-8-18-14/h3-6,8H,7H2,1-2H3,(H2,15,16,17,18). The van der Waals surface area contributed by atoms with Crippen molar-refractivity contribution in [1.82, 2.24) is 15.0 Å². The second-order valence-electron chi connectivity index (χ2n) is 4.43. The van der Waals surface area contributed by atoms with Crippen molar-refractivity contribution in [3.8, 4) is 0 Å². The van der Waals surface area contributed by atoms with Gasteiger partial charge in [0.2, 0.25) is 0 Å². The zero-order valence-corrected chi connectivity index (χ0v) is 11.3. The second kappa shape index (κ2) is 5.16. The summed E-state index contributed by atoms with van der Waals surface area (Å²) >= 11 is 0. The molecule has 20 heavy (non-hydrogen) atoms. The Morgan fingerprint density at radius 1 is 1.15 bits per heavy atom. The SMILES string of the molecule is CNc1cc(NCc2ccc3nc(C)oc3c2)ncn1. The maximum Gasteiger partial charge on any atom is 0.192 e. The molecule has 0 aliphatic carbocycles. The normalized spacial score (nSPS) is 10.7. The highest BCUT2D eigenvalue weighted by Gasteiger charge is 2.03. The first kappa shape index (κ1) is 12.4. The summed E-state index contributed by atoms with van der Waals surface area (Å²) in [6, 6.07) is 7.83. The summed E-state index contributed by atoms with van der Waals surface area (Å²) in [5.41, 5.74) is 2.80. The maximum atomic E-state index is 5.52. The van der Waals surface area contributed by atoms with Crippen LogP contribution in [0.4, 0.5) is 11.6 Å². The van der Waals surface area contributed by atoms with Crippen molar-refractivity contribution < 1.29 is 4.42 Å². The molecule has 0 atom stereocenters. The van der Waals surface area contributed by atoms with Crippen molar-refractivity contribution >= 4 is 22.7 Å². The zero-order valence-electron chi connectivity index (χ0n) is 11.3. The van der Waals surface area contributed by atoms with E-state index in [2.05, 4.69) is 25.6 Å². The van der Waals surface area contributed by atoms with Gasteiger partial charge in [0.1, 0.15) is 23.5 Å². The average molecular weight is 269 g/mol. The van der Waals surface area contributed by atoms with E-state index in [0.717, 1.165) is 28.3 Å². The first-order valence-electron chi connectivity index (χ1n) is 6.34. The Hall–Kier alpha value is -2.63. The Morgan fingerprint density at radius 2 is 2.00 bits per heavy atom. The number of rotatable bonds is 4. The van der Waals surface area contributed by atoms with Gasteiger partial charge in [0.15, 0.2) is 11.5 Å². The van der Waals surface area contributed by atoms with Gasteiger partial charge in [0.25, 0.3) is 0 Å². The Bertz CT molecular complexity index is 737. The number of oxazole rings is 1. The van der Waals surface area contributed by atoms with Gasteiger partial charge in [-0.2, -0.15) is 0 Å². The summed E-state index contributed by atoms with van der Waals surface area (Å²) in [6.45, 7) is 2.51. The van der Waals surface area contributed by atoms with Gasteiger partial charge in [-0.15, -0.1) is 0 Å². The van der Waals surface area contributed by atoms with Crippen LogP contribution in [0.3, 0.4) is 0 Å². The molecular weight excluding hydrogens is 254 g/mol. The molecule has 0 aliphatic heterocycles. The van der Waals surface area contributed by atoms with Crippen LogP contribution in [0.15, 0.2) is 35.0 Å². The van der Waals surface area contributed by atoms with E-state index in [4.69, 9.17) is 4.42 Å². The Labute approximate surface area is 116 Å². The summed E-state index contributed by atoms with van der Waals surface area (Å²) in [6.07, 6.45) is 1.52. The fourth-order valence-corrected chi connectivity index (χ4v) is 1.98. The molecule has 0 radical (unpaired) electrons. The number of hydrogen-bond donors (Lipinski definition) is 2. The topological polar surface area (TPSA) is 75.9 Å². The molecular formula is C14H15N5O. The van der Waals surface area contributed by atoms with Gasteiger partial charge in [-0.25, -0.2) is 15.0 Å². The molecule has 0 saturated heterocycles. The van der Waals surface area contributed by atoms with E-state index in [0.29, 0.717) is 12.4 Å². The van der Waals surface area contributed by atoms with Crippen LogP contribution in [0, 0.1) is 6.92 Å². The number of nitrogens with zero attached hydrogens (tertiary/aromatic N) is 3. The zero-order chi connectivity index (χ0) is 13.9. The third kappa shape index (κ3) is 2.54. The highest BCUT2D eigenvalue weighted by atomic mass is 16.3. The molecule has 2 aromatic heterocycles. The summed E-state index contributed by atoms with van der Waals surface area (Å²) in [5.74, 6) is 2.24. The Kier molecular flexibility index (Phi) is 3.20. The Balaban J connectivity index is 1.75. The lowest BCUT2D eigenvalue weighted by atomic mass is 10.2. The van der Waals surface area contributed by atoms with Gasteiger partial charge in [-0.05, 0) is 17.7 Å². The number of hydrogen-bond acceptors (Lipinski definition) is 6. The van der Waals surface area contributed by atoms with E-state index in [1.165, 1.54) is 6.33 Å². The van der Waals surface area contributed by atoms with E-state index in [9.17, 15) is 0 Å². The molecule has 2 heterocycles. The maximum absolute atomic E-state index is 5.52. The molecule has 6 nitrogen and oxygen atoms in total. The van der Waals surface area contributed by atoms with Crippen molar-refractivity contribution in [2.45, 2.75) is 13.5 Å². The average Bonchev–Trinajstić information content (AvgIpc) is 2.84. The molecule has 0 aliphatic rings. The van der Waals surface area contributed by atoms with Crippen LogP contribution in [0.2, 0.25) is 0 Å². The quantitative estimate of drug-likeness (QED) is 0.758. The minimum atomic E-state index is 0.663.